The average Bonchev–Trinajstić information content (AvgIpc) is 4.24. The third-order valence-electron chi connectivity index (χ3n) is 15.8. The lowest BCUT2D eigenvalue weighted by Crippen LogP contribution is -2.68. The van der Waals surface area contributed by atoms with E-state index in [2.05, 4.69) is 48.0 Å². The van der Waals surface area contributed by atoms with Crippen molar-refractivity contribution in [1.29, 1.82) is 0 Å². The molecule has 1 amide bonds. The van der Waals surface area contributed by atoms with Crippen LogP contribution < -0.4 is 14.8 Å². The summed E-state index contributed by atoms with van der Waals surface area (Å²) in [5.41, 5.74) is 3.81. The van der Waals surface area contributed by atoms with Gasteiger partial charge in [0.25, 0.3) is 21.6 Å². The molecule has 3 atom stereocenters. The molecule has 3 saturated heterocycles. The van der Waals surface area contributed by atoms with Gasteiger partial charge in [-0.3, -0.25) is 24.7 Å². The number of anilines is 1. The normalized spacial score (nSPS) is 26.3. The number of aromatic nitrogens is 2. The van der Waals surface area contributed by atoms with E-state index < -0.39 is 32.5 Å². The van der Waals surface area contributed by atoms with Crippen LogP contribution in [0.2, 0.25) is 0 Å². The molecule has 4 aliphatic carbocycles. The number of amides is 1. The van der Waals surface area contributed by atoms with Crippen LogP contribution in [0.1, 0.15) is 112 Å². The van der Waals surface area contributed by atoms with Crippen molar-refractivity contribution in [3.05, 3.63) is 112 Å². The molecule has 0 radical (unpaired) electrons. The first-order valence-corrected chi connectivity index (χ1v) is 25.3. The van der Waals surface area contributed by atoms with Crippen molar-refractivity contribution in [2.45, 2.75) is 118 Å². The highest BCUT2D eigenvalue weighted by molar-refractivity contribution is 7.90. The number of fused-ring (bicyclic) bond motifs is 1. The number of aromatic amines is 1. The fourth-order valence-electron chi connectivity index (χ4n) is 11.8. The van der Waals surface area contributed by atoms with Crippen LogP contribution in [-0.4, -0.2) is 96.1 Å². The van der Waals surface area contributed by atoms with Gasteiger partial charge in [0, 0.05) is 62.6 Å². The molecule has 2 aromatic carbocycles. The summed E-state index contributed by atoms with van der Waals surface area (Å²) in [4.78, 5) is 38.9. The fraction of sp³-hybridized carbons (Fsp3) is 0.520. The van der Waals surface area contributed by atoms with Crippen LogP contribution in [0.4, 0.5) is 11.4 Å². The van der Waals surface area contributed by atoms with Crippen LogP contribution in [0.5, 0.6) is 5.75 Å². The third-order valence-corrected chi connectivity index (χ3v) is 17.1. The van der Waals surface area contributed by atoms with Gasteiger partial charge in [-0.15, -0.1) is 0 Å². The van der Waals surface area contributed by atoms with Crippen molar-refractivity contribution in [3.8, 4) is 5.75 Å². The summed E-state index contributed by atoms with van der Waals surface area (Å²) in [5.74, 6) is 1.38. The SMILES string of the molecule is O=C(NS(=O)(=O)c1ccc(NCC2CCOCC2)c([N+](=O)[O-])c1)C1(N2CCC3(CC2)CC(N2CCCC2c2cc(C4CC4)ccc2C2CC2)C3)C=CC=CC1Oc1cnc2[nH]ccc2c1. The molecular formula is C50H59N7O7S. The largest absolute Gasteiger partial charge is 0.482 e. The van der Waals surface area contributed by atoms with E-state index in [1.54, 1.807) is 41.7 Å². The molecule has 3 saturated carbocycles. The van der Waals surface area contributed by atoms with E-state index in [1.165, 1.54) is 56.2 Å². The highest BCUT2D eigenvalue weighted by atomic mass is 32.2. The molecule has 3 unspecified atom stereocenters. The van der Waals surface area contributed by atoms with Crippen LogP contribution in [0.15, 0.2) is 90.1 Å². The molecule has 5 heterocycles. The molecule has 342 valence electrons. The Morgan fingerprint density at radius 3 is 2.51 bits per heavy atom. The smallest absolute Gasteiger partial charge is 0.293 e. The van der Waals surface area contributed by atoms with Gasteiger partial charge in [0.1, 0.15) is 23.2 Å². The predicted molar refractivity (Wildman–Crippen MR) is 247 cm³/mol. The maximum atomic E-state index is 15.1. The number of likely N-dealkylation sites (tertiary alicyclic amines) is 2. The van der Waals surface area contributed by atoms with Gasteiger partial charge in [-0.1, -0.05) is 36.4 Å². The van der Waals surface area contributed by atoms with Crippen LogP contribution in [0.25, 0.3) is 11.0 Å². The minimum atomic E-state index is -4.59. The summed E-state index contributed by atoms with van der Waals surface area (Å²) in [7, 11) is -4.59. The van der Waals surface area contributed by atoms with Gasteiger partial charge in [-0.25, -0.2) is 18.1 Å². The van der Waals surface area contributed by atoms with Gasteiger partial charge in [0.2, 0.25) is 0 Å². The van der Waals surface area contributed by atoms with Crippen LogP contribution in [0, 0.1) is 21.4 Å². The number of nitro benzene ring substituents is 1. The number of carbonyl (C=O) groups excluding carboxylic acids is 1. The Morgan fingerprint density at radius 2 is 1.74 bits per heavy atom. The fourth-order valence-corrected chi connectivity index (χ4v) is 12.8. The van der Waals surface area contributed by atoms with Gasteiger partial charge in [0.05, 0.1) is 16.0 Å². The number of allylic oxidation sites excluding steroid dienone is 2. The minimum absolute atomic E-state index is 0.139. The van der Waals surface area contributed by atoms with E-state index in [9.17, 15) is 18.5 Å². The number of rotatable bonds is 14. The summed E-state index contributed by atoms with van der Waals surface area (Å²) in [6.45, 7) is 4.02. The Balaban J connectivity index is 0.832. The Bertz CT molecular complexity index is 2640. The molecule has 14 nitrogen and oxygen atoms in total. The summed E-state index contributed by atoms with van der Waals surface area (Å²) < 4.78 is 43.0. The van der Waals surface area contributed by atoms with Crippen molar-refractivity contribution in [1.82, 2.24) is 24.5 Å². The molecule has 3 N–H and O–H groups in total. The van der Waals surface area contributed by atoms with Crippen molar-refractivity contribution in [3.63, 3.8) is 0 Å². The van der Waals surface area contributed by atoms with E-state index >= 15 is 4.79 Å². The highest BCUT2D eigenvalue weighted by Gasteiger charge is 2.56. The second kappa shape index (κ2) is 17.0. The third kappa shape index (κ3) is 8.27. The number of nitrogens with one attached hydrogen (secondary N) is 3. The summed E-state index contributed by atoms with van der Waals surface area (Å²) in [6, 6.07) is 15.9. The number of benzene rings is 2. The van der Waals surface area contributed by atoms with Crippen LogP contribution in [0.3, 0.4) is 0 Å². The van der Waals surface area contributed by atoms with Crippen molar-refractivity contribution in [2.24, 2.45) is 11.3 Å². The maximum Gasteiger partial charge on any atom is 0.293 e. The van der Waals surface area contributed by atoms with Gasteiger partial charge in [0.15, 0.2) is 5.54 Å². The monoisotopic (exact) mass is 901 g/mol. The lowest BCUT2D eigenvalue weighted by molar-refractivity contribution is -0.384. The van der Waals surface area contributed by atoms with Crippen molar-refractivity contribution in [2.75, 3.05) is 44.7 Å². The summed E-state index contributed by atoms with van der Waals surface area (Å²) in [6.07, 6.45) is 22.9. The number of carbonyl (C=O) groups is 1. The summed E-state index contributed by atoms with van der Waals surface area (Å²) in [5, 5.41) is 16.3. The number of hydrogen-bond donors (Lipinski definition) is 3. The zero-order valence-corrected chi connectivity index (χ0v) is 37.6. The Kier molecular flexibility index (Phi) is 11.1. The Morgan fingerprint density at radius 1 is 0.938 bits per heavy atom. The van der Waals surface area contributed by atoms with Crippen molar-refractivity contribution >= 4 is 38.3 Å². The number of hydrogen-bond acceptors (Lipinski definition) is 11. The number of piperidine rings is 1. The number of H-pyrrole nitrogens is 1. The molecule has 11 rings (SSSR count). The van der Waals surface area contributed by atoms with Crippen LogP contribution in [-0.2, 0) is 19.6 Å². The molecule has 6 fully saturated rings. The van der Waals surface area contributed by atoms with E-state index in [-0.39, 0.29) is 27.6 Å². The standard InChI is InChI=1S/C50H59N7O7S/c58-48(54-65(61,62)40-11-13-43(45(28-40)57(59)60)52-31-33-15-24-63-25-16-33)50(17-2-1-5-46(50)64-39-26-37-14-20-51-47(37)53-32-39)55-22-18-49(19-23-55)29-38(30-49)56-21-3-4-44(56)42-27-36(34-6-7-34)10-12-41(42)35-8-9-35/h1-2,5,10-14,17,20,26-28,32-35,38,44,46,52H,3-4,6-9,15-16,18-19,21-25,29-31H2,(H,51,53)(H,54,58). The first-order chi connectivity index (χ1) is 31.6. The van der Waals surface area contributed by atoms with Crippen LogP contribution >= 0.6 is 0 Å². The van der Waals surface area contributed by atoms with E-state index in [4.69, 9.17) is 9.47 Å². The molecule has 4 aromatic rings. The van der Waals surface area contributed by atoms with E-state index in [0.29, 0.717) is 56.3 Å². The summed E-state index contributed by atoms with van der Waals surface area (Å²) >= 11 is 0. The lowest BCUT2D eigenvalue weighted by Gasteiger charge is -2.58. The van der Waals surface area contributed by atoms with Gasteiger partial charge < -0.3 is 19.8 Å². The molecule has 1 spiro atoms. The van der Waals surface area contributed by atoms with Gasteiger partial charge in [-0.2, -0.15) is 0 Å². The second-order valence-corrected chi connectivity index (χ2v) is 21.6. The zero-order chi connectivity index (χ0) is 44.3. The number of nitrogens with zero attached hydrogens (tertiary/aromatic N) is 4. The molecule has 2 aromatic heterocycles. The second-order valence-electron chi connectivity index (χ2n) is 19.9. The molecular weight excluding hydrogens is 843 g/mol. The first kappa shape index (κ1) is 42.5. The number of sulfonamides is 1. The Hall–Kier alpha value is -5.09. The van der Waals surface area contributed by atoms with E-state index in [0.717, 1.165) is 68.4 Å². The average molecular weight is 902 g/mol. The highest BCUT2D eigenvalue weighted by Crippen LogP contribution is 2.56. The Labute approximate surface area is 380 Å². The van der Waals surface area contributed by atoms with Gasteiger partial charge in [-0.05, 0) is 154 Å². The topological polar surface area (TPSA) is 172 Å². The predicted octanol–water partition coefficient (Wildman–Crippen LogP) is 8.26. The molecule has 7 aliphatic rings. The molecule has 0 bridgehead atoms. The van der Waals surface area contributed by atoms with E-state index in [1.807, 2.05) is 18.2 Å². The maximum absolute atomic E-state index is 15.1. The quantitative estimate of drug-likeness (QED) is 0.0822. The number of nitro groups is 1. The molecule has 3 aliphatic heterocycles. The molecule has 65 heavy (non-hydrogen) atoms. The van der Waals surface area contributed by atoms with Crippen molar-refractivity contribution < 1.29 is 27.6 Å². The number of pyridine rings is 1. The lowest BCUT2D eigenvalue weighted by atomic mass is 9.59. The molecule has 15 heteroatoms. The number of ether oxygens (including phenoxy) is 2. The zero-order valence-electron chi connectivity index (χ0n) is 36.8. The first-order valence-electron chi connectivity index (χ1n) is 23.9. The minimum Gasteiger partial charge on any atom is -0.482 e. The van der Waals surface area contributed by atoms with Gasteiger partial charge >= 0.3 is 0 Å².